The third kappa shape index (κ3) is 2.52. The number of benzene rings is 1. The predicted molar refractivity (Wildman–Crippen MR) is 69.0 cm³/mol. The van der Waals surface area contributed by atoms with Gasteiger partial charge in [-0.3, -0.25) is 0 Å². The highest BCUT2D eigenvalue weighted by Gasteiger charge is 2.12. The van der Waals surface area contributed by atoms with Crippen LogP contribution in [0.5, 0.6) is 5.75 Å². The molecule has 0 radical (unpaired) electrons. The summed E-state index contributed by atoms with van der Waals surface area (Å²) in [7, 11) is 0. The van der Waals surface area contributed by atoms with Crippen molar-refractivity contribution in [2.75, 3.05) is 5.73 Å². The van der Waals surface area contributed by atoms with Crippen LogP contribution in [0.25, 0.3) is 0 Å². The molecule has 2 N–H and O–H groups in total. The van der Waals surface area contributed by atoms with Gasteiger partial charge in [0, 0.05) is 5.02 Å². The van der Waals surface area contributed by atoms with Crippen LogP contribution in [0, 0.1) is 13.8 Å². The maximum absolute atomic E-state index is 6.14. The Morgan fingerprint density at radius 2 is 2.00 bits per heavy atom. The van der Waals surface area contributed by atoms with Gasteiger partial charge in [-0.05, 0) is 31.0 Å². The lowest BCUT2D eigenvalue weighted by Gasteiger charge is -2.11. The third-order valence-corrected chi connectivity index (χ3v) is 3.45. The number of aryl methyl sites for hydroxylation is 1. The fourth-order valence-electron chi connectivity index (χ4n) is 1.47. The molecule has 96 valence electrons. The predicted octanol–water partition coefficient (Wildman–Crippen LogP) is 3.15. The van der Waals surface area contributed by atoms with Crippen LogP contribution in [0.2, 0.25) is 10.0 Å². The molecule has 0 unspecified atom stereocenters. The Morgan fingerprint density at radius 3 is 2.61 bits per heavy atom. The number of halogens is 2. The van der Waals surface area contributed by atoms with Crippen molar-refractivity contribution in [2.24, 2.45) is 0 Å². The normalized spacial score (nSPS) is 10.7. The molecule has 0 saturated carbocycles. The average Bonchev–Trinajstić information content (AvgIpc) is 2.75. The van der Waals surface area contributed by atoms with Gasteiger partial charge in [0.2, 0.25) is 0 Å². The fourth-order valence-corrected chi connectivity index (χ4v) is 1.87. The van der Waals surface area contributed by atoms with Crippen LogP contribution < -0.4 is 10.5 Å². The molecule has 0 spiro atoms. The van der Waals surface area contributed by atoms with Crippen molar-refractivity contribution in [1.82, 2.24) is 10.2 Å². The van der Waals surface area contributed by atoms with Crippen LogP contribution in [0.1, 0.15) is 17.0 Å². The van der Waals surface area contributed by atoms with E-state index in [-0.39, 0.29) is 18.5 Å². The van der Waals surface area contributed by atoms with E-state index in [1.54, 1.807) is 6.07 Å². The summed E-state index contributed by atoms with van der Waals surface area (Å²) in [5.74, 6) is 0.807. The molecule has 0 amide bonds. The molecule has 0 aliphatic heterocycles. The minimum Gasteiger partial charge on any atom is -0.482 e. The first kappa shape index (κ1) is 13.0. The number of nitrogens with two attached hydrogens (primary N) is 1. The van der Waals surface area contributed by atoms with Gasteiger partial charge in [0.25, 0.3) is 5.89 Å². The quantitative estimate of drug-likeness (QED) is 0.939. The molecule has 0 saturated heterocycles. The summed E-state index contributed by atoms with van der Waals surface area (Å²) in [5, 5.41) is 8.32. The largest absolute Gasteiger partial charge is 0.482 e. The van der Waals surface area contributed by atoms with Crippen molar-refractivity contribution in [1.29, 1.82) is 0 Å². The lowest BCUT2D eigenvalue weighted by Crippen LogP contribution is -1.98. The third-order valence-electron chi connectivity index (χ3n) is 2.40. The second kappa shape index (κ2) is 5.04. The van der Waals surface area contributed by atoms with Crippen LogP contribution >= 0.6 is 23.2 Å². The molecular formula is C11H11Cl2N3O2. The molecule has 7 heteroatoms. The molecule has 0 fully saturated rings. The summed E-state index contributed by atoms with van der Waals surface area (Å²) in [4.78, 5) is 0. The Kier molecular flexibility index (Phi) is 3.63. The molecule has 0 aliphatic rings. The monoisotopic (exact) mass is 287 g/mol. The van der Waals surface area contributed by atoms with Crippen molar-refractivity contribution in [3.05, 3.63) is 33.1 Å². The molecular weight excluding hydrogens is 277 g/mol. The van der Waals surface area contributed by atoms with E-state index in [4.69, 9.17) is 38.1 Å². The van der Waals surface area contributed by atoms with E-state index in [1.807, 2.05) is 13.8 Å². The zero-order valence-corrected chi connectivity index (χ0v) is 11.3. The Morgan fingerprint density at radius 1 is 1.28 bits per heavy atom. The van der Waals surface area contributed by atoms with E-state index in [9.17, 15) is 0 Å². The minimum atomic E-state index is 0.00293. The Bertz CT molecular complexity index is 584. The maximum Gasteiger partial charge on any atom is 0.312 e. The van der Waals surface area contributed by atoms with Gasteiger partial charge in [-0.1, -0.05) is 28.3 Å². The Balaban J connectivity index is 2.19. The summed E-state index contributed by atoms with van der Waals surface area (Å²) >= 11 is 12.2. The second-order valence-electron chi connectivity index (χ2n) is 3.77. The van der Waals surface area contributed by atoms with Crippen LogP contribution in [0.3, 0.4) is 0 Å². The number of anilines is 1. The molecule has 18 heavy (non-hydrogen) atoms. The van der Waals surface area contributed by atoms with Crippen LogP contribution in [0.4, 0.5) is 6.01 Å². The van der Waals surface area contributed by atoms with Crippen molar-refractivity contribution in [3.8, 4) is 5.75 Å². The zero-order valence-electron chi connectivity index (χ0n) is 9.83. The topological polar surface area (TPSA) is 74.2 Å². The van der Waals surface area contributed by atoms with Crippen LogP contribution in [-0.4, -0.2) is 10.2 Å². The number of hydrogen-bond donors (Lipinski definition) is 1. The standard InChI is InChI=1S/C11H11Cl2N3O2/c1-5-3-7(10(13)6(2)9(5)12)17-4-8-15-16-11(14)18-8/h3H,4H2,1-2H3,(H2,14,16). The number of hydrogen-bond acceptors (Lipinski definition) is 5. The lowest BCUT2D eigenvalue weighted by molar-refractivity contribution is 0.265. The van der Waals surface area contributed by atoms with E-state index in [2.05, 4.69) is 10.2 Å². The number of rotatable bonds is 3. The highest BCUT2D eigenvalue weighted by molar-refractivity contribution is 6.37. The van der Waals surface area contributed by atoms with Crippen molar-refractivity contribution >= 4 is 29.2 Å². The molecule has 2 rings (SSSR count). The van der Waals surface area contributed by atoms with Gasteiger partial charge >= 0.3 is 6.01 Å². The number of nitrogen functional groups attached to an aromatic ring is 1. The molecule has 0 bridgehead atoms. The minimum absolute atomic E-state index is 0.00293. The van der Waals surface area contributed by atoms with E-state index in [0.717, 1.165) is 11.1 Å². The summed E-state index contributed by atoms with van der Waals surface area (Å²) in [6.45, 7) is 3.81. The van der Waals surface area contributed by atoms with Gasteiger partial charge in [-0.25, -0.2) is 0 Å². The summed E-state index contributed by atoms with van der Waals surface area (Å²) in [6.07, 6.45) is 0. The van der Waals surface area contributed by atoms with E-state index < -0.39 is 0 Å². The highest BCUT2D eigenvalue weighted by atomic mass is 35.5. The zero-order chi connectivity index (χ0) is 13.3. The van der Waals surface area contributed by atoms with Gasteiger partial charge < -0.3 is 14.9 Å². The SMILES string of the molecule is Cc1cc(OCc2nnc(N)o2)c(Cl)c(C)c1Cl. The fraction of sp³-hybridized carbons (Fsp3) is 0.273. The van der Waals surface area contributed by atoms with E-state index >= 15 is 0 Å². The van der Waals surface area contributed by atoms with Gasteiger partial charge in [-0.15, -0.1) is 5.10 Å². The average molecular weight is 288 g/mol. The first-order valence-electron chi connectivity index (χ1n) is 5.15. The summed E-state index contributed by atoms with van der Waals surface area (Å²) in [5.41, 5.74) is 6.97. The molecule has 0 aliphatic carbocycles. The first-order chi connectivity index (χ1) is 8.49. The Labute approximate surface area is 114 Å². The van der Waals surface area contributed by atoms with E-state index in [0.29, 0.717) is 15.8 Å². The summed E-state index contributed by atoms with van der Waals surface area (Å²) in [6, 6.07) is 1.76. The maximum atomic E-state index is 6.14. The number of ether oxygens (including phenoxy) is 1. The van der Waals surface area contributed by atoms with Crippen molar-refractivity contribution in [2.45, 2.75) is 20.5 Å². The second-order valence-corrected chi connectivity index (χ2v) is 4.52. The van der Waals surface area contributed by atoms with Crippen molar-refractivity contribution < 1.29 is 9.15 Å². The molecule has 1 aromatic heterocycles. The lowest BCUT2D eigenvalue weighted by atomic mass is 10.1. The van der Waals surface area contributed by atoms with Gasteiger partial charge in [-0.2, -0.15) is 0 Å². The van der Waals surface area contributed by atoms with Crippen LogP contribution in [-0.2, 0) is 6.61 Å². The molecule has 0 atom stereocenters. The molecule has 1 aromatic carbocycles. The van der Waals surface area contributed by atoms with Gasteiger partial charge in [0.1, 0.15) is 5.75 Å². The molecule has 5 nitrogen and oxygen atoms in total. The van der Waals surface area contributed by atoms with Gasteiger partial charge in [0.05, 0.1) is 5.02 Å². The number of aromatic nitrogens is 2. The number of nitrogens with zero attached hydrogens (tertiary/aromatic N) is 2. The molecule has 1 heterocycles. The van der Waals surface area contributed by atoms with E-state index in [1.165, 1.54) is 0 Å². The highest BCUT2D eigenvalue weighted by Crippen LogP contribution is 2.35. The molecule has 2 aromatic rings. The van der Waals surface area contributed by atoms with Gasteiger partial charge in [0.15, 0.2) is 6.61 Å². The summed E-state index contributed by atoms with van der Waals surface area (Å²) < 4.78 is 10.5. The van der Waals surface area contributed by atoms with Crippen molar-refractivity contribution in [3.63, 3.8) is 0 Å². The smallest absolute Gasteiger partial charge is 0.312 e. The Hall–Kier alpha value is -1.46. The van der Waals surface area contributed by atoms with Crippen LogP contribution in [0.15, 0.2) is 10.5 Å². The first-order valence-corrected chi connectivity index (χ1v) is 5.90.